The lowest BCUT2D eigenvalue weighted by Gasteiger charge is -2.28. The Labute approximate surface area is 179 Å². The van der Waals surface area contributed by atoms with Gasteiger partial charge in [0, 0.05) is 61.1 Å². The zero-order chi connectivity index (χ0) is 21.8. The Hall–Kier alpha value is -2.27. The molecular weight excluding hydrogens is 409 g/mol. The highest BCUT2D eigenvalue weighted by atomic mass is 32.2. The van der Waals surface area contributed by atoms with E-state index in [0.29, 0.717) is 5.82 Å². The van der Waals surface area contributed by atoms with Crippen LogP contribution in [0.15, 0.2) is 42.6 Å². The Morgan fingerprint density at radius 2 is 1.60 bits per heavy atom. The van der Waals surface area contributed by atoms with E-state index in [9.17, 15) is 4.39 Å². The SMILES string of the molecule is Fc1cccc(N2CCCCC2)c1.NS(=O)[O-].Nc1cc(N2CCOCC2)ccn1. The van der Waals surface area contributed by atoms with Gasteiger partial charge in [0.05, 0.1) is 13.2 Å². The number of halogens is 1. The Balaban J connectivity index is 0.000000182. The van der Waals surface area contributed by atoms with E-state index in [0.717, 1.165) is 50.8 Å². The maximum absolute atomic E-state index is 12.9. The molecule has 4 rings (SSSR count). The maximum atomic E-state index is 12.9. The summed E-state index contributed by atoms with van der Waals surface area (Å²) < 4.78 is 35.7. The van der Waals surface area contributed by atoms with Crippen molar-refractivity contribution in [3.05, 3.63) is 48.4 Å². The van der Waals surface area contributed by atoms with Crippen LogP contribution in [0.4, 0.5) is 21.6 Å². The Kier molecular flexibility index (Phi) is 10.5. The average Bonchev–Trinajstić information content (AvgIpc) is 2.75. The van der Waals surface area contributed by atoms with Gasteiger partial charge in [-0.15, -0.1) is 0 Å². The molecule has 2 fully saturated rings. The molecule has 4 N–H and O–H groups in total. The third kappa shape index (κ3) is 9.04. The number of benzene rings is 1. The molecule has 30 heavy (non-hydrogen) atoms. The van der Waals surface area contributed by atoms with Crippen molar-refractivity contribution in [3.8, 4) is 0 Å². The first kappa shape index (κ1) is 24.0. The number of pyridine rings is 1. The summed E-state index contributed by atoms with van der Waals surface area (Å²) in [6.07, 6.45) is 5.51. The molecule has 0 saturated carbocycles. The number of hydrogen-bond acceptors (Lipinski definition) is 7. The quantitative estimate of drug-likeness (QED) is 0.689. The van der Waals surface area contributed by atoms with Gasteiger partial charge in [-0.05, 0) is 43.5 Å². The summed E-state index contributed by atoms with van der Waals surface area (Å²) in [6, 6.07) is 10.7. The zero-order valence-electron chi connectivity index (χ0n) is 16.9. The first-order valence-electron chi connectivity index (χ1n) is 9.84. The molecule has 2 saturated heterocycles. The van der Waals surface area contributed by atoms with Crippen molar-refractivity contribution in [2.75, 3.05) is 54.9 Å². The molecule has 0 amide bonds. The predicted octanol–water partition coefficient (Wildman–Crippen LogP) is 2.06. The van der Waals surface area contributed by atoms with Crippen molar-refractivity contribution in [2.24, 2.45) is 5.14 Å². The maximum Gasteiger partial charge on any atom is 0.125 e. The second-order valence-corrected chi connectivity index (χ2v) is 7.35. The number of piperidine rings is 1. The fraction of sp³-hybridized carbons (Fsp3) is 0.450. The van der Waals surface area contributed by atoms with E-state index in [-0.39, 0.29) is 5.82 Å². The van der Waals surface area contributed by atoms with Gasteiger partial charge < -0.3 is 24.8 Å². The molecule has 2 aromatic rings. The number of aromatic nitrogens is 1. The van der Waals surface area contributed by atoms with Gasteiger partial charge in [-0.3, -0.25) is 9.35 Å². The Morgan fingerprint density at radius 1 is 1.00 bits per heavy atom. The van der Waals surface area contributed by atoms with Crippen LogP contribution in [-0.2, 0) is 16.0 Å². The zero-order valence-corrected chi connectivity index (χ0v) is 17.7. The number of anilines is 3. The van der Waals surface area contributed by atoms with E-state index in [1.165, 1.54) is 25.3 Å². The van der Waals surface area contributed by atoms with E-state index >= 15 is 0 Å². The molecule has 2 aliphatic rings. The lowest BCUT2D eigenvalue weighted by atomic mass is 10.1. The molecule has 0 spiro atoms. The molecule has 2 aliphatic heterocycles. The number of morpholine rings is 1. The first-order valence-corrected chi connectivity index (χ1v) is 11.0. The van der Waals surface area contributed by atoms with Crippen molar-refractivity contribution in [1.82, 2.24) is 4.98 Å². The third-order valence-corrected chi connectivity index (χ3v) is 4.67. The molecule has 1 atom stereocenters. The molecule has 1 aromatic heterocycles. The predicted molar refractivity (Wildman–Crippen MR) is 117 cm³/mol. The van der Waals surface area contributed by atoms with Crippen LogP contribution in [0.3, 0.4) is 0 Å². The highest BCUT2D eigenvalue weighted by molar-refractivity contribution is 7.76. The van der Waals surface area contributed by atoms with Gasteiger partial charge >= 0.3 is 0 Å². The molecule has 166 valence electrons. The van der Waals surface area contributed by atoms with Gasteiger partial charge in [-0.2, -0.15) is 0 Å². The summed E-state index contributed by atoms with van der Waals surface area (Å²) in [6.45, 7) is 5.60. The standard InChI is InChI=1S/C11H14FN.C9H13N3O.H3NO2S/c12-10-5-4-6-11(9-10)13-7-2-1-3-8-13;10-9-7-8(1-2-11-9)12-3-5-13-6-4-12;1-4(2)3/h4-6,9H,1-3,7-8H2;1-2,7H,3-6H2,(H2,10,11);1H2,(H,2,3)/p-1. The van der Waals surface area contributed by atoms with Crippen molar-refractivity contribution in [3.63, 3.8) is 0 Å². The molecule has 0 bridgehead atoms. The van der Waals surface area contributed by atoms with Gasteiger partial charge in [0.25, 0.3) is 0 Å². The third-order valence-electron chi connectivity index (χ3n) is 4.67. The van der Waals surface area contributed by atoms with Crippen LogP contribution >= 0.6 is 0 Å². The van der Waals surface area contributed by atoms with Crippen LogP contribution in [0.25, 0.3) is 0 Å². The summed E-state index contributed by atoms with van der Waals surface area (Å²) in [5, 5.41) is 4.03. The van der Waals surface area contributed by atoms with Gasteiger partial charge in [-0.1, -0.05) is 6.07 Å². The fourth-order valence-corrected chi connectivity index (χ4v) is 3.28. The van der Waals surface area contributed by atoms with E-state index in [1.807, 2.05) is 18.2 Å². The molecule has 10 heteroatoms. The van der Waals surface area contributed by atoms with Gasteiger partial charge in [-0.25, -0.2) is 9.37 Å². The van der Waals surface area contributed by atoms with Gasteiger partial charge in [0.2, 0.25) is 0 Å². The number of nitrogen functional groups attached to an aromatic ring is 1. The van der Waals surface area contributed by atoms with Crippen molar-refractivity contribution < 1.29 is 17.9 Å². The summed E-state index contributed by atoms with van der Waals surface area (Å²) in [7, 11) is 0. The minimum atomic E-state index is -2.36. The summed E-state index contributed by atoms with van der Waals surface area (Å²) in [4.78, 5) is 8.46. The van der Waals surface area contributed by atoms with Crippen LogP contribution < -0.4 is 20.7 Å². The number of hydrogen-bond donors (Lipinski definition) is 2. The smallest absolute Gasteiger partial charge is 0.125 e. The van der Waals surface area contributed by atoms with E-state index in [1.54, 1.807) is 18.3 Å². The van der Waals surface area contributed by atoms with Crippen molar-refractivity contribution >= 4 is 28.5 Å². The Bertz CT molecular complexity index is 723. The van der Waals surface area contributed by atoms with Crippen LogP contribution in [0.1, 0.15) is 19.3 Å². The lowest BCUT2D eigenvalue weighted by Crippen LogP contribution is -2.36. The molecular formula is C20H29FN5O3S-. The average molecular weight is 439 g/mol. The molecule has 3 heterocycles. The molecule has 1 aromatic carbocycles. The summed E-state index contributed by atoms with van der Waals surface area (Å²) >= 11 is -2.36. The largest absolute Gasteiger partial charge is 0.760 e. The highest BCUT2D eigenvalue weighted by Gasteiger charge is 2.11. The van der Waals surface area contributed by atoms with Crippen LogP contribution in [0.2, 0.25) is 0 Å². The monoisotopic (exact) mass is 438 g/mol. The van der Waals surface area contributed by atoms with Crippen molar-refractivity contribution in [2.45, 2.75) is 19.3 Å². The minimum absolute atomic E-state index is 0.136. The van der Waals surface area contributed by atoms with Crippen LogP contribution in [0.5, 0.6) is 0 Å². The number of ether oxygens (including phenoxy) is 1. The topological polar surface area (TPSA) is 121 Å². The normalized spacial score (nSPS) is 17.2. The van der Waals surface area contributed by atoms with E-state index in [2.05, 4.69) is 19.9 Å². The lowest BCUT2D eigenvalue weighted by molar-refractivity contribution is 0.122. The second kappa shape index (κ2) is 13.1. The summed E-state index contributed by atoms with van der Waals surface area (Å²) in [5.41, 5.74) is 7.76. The molecule has 0 radical (unpaired) electrons. The molecule has 0 aliphatic carbocycles. The molecule has 8 nitrogen and oxygen atoms in total. The summed E-state index contributed by atoms with van der Waals surface area (Å²) in [5.74, 6) is 0.437. The van der Waals surface area contributed by atoms with Crippen LogP contribution in [0, 0.1) is 5.82 Å². The Morgan fingerprint density at radius 3 is 2.20 bits per heavy atom. The van der Waals surface area contributed by atoms with E-state index < -0.39 is 11.3 Å². The number of rotatable bonds is 2. The highest BCUT2D eigenvalue weighted by Crippen LogP contribution is 2.20. The fourth-order valence-electron chi connectivity index (χ4n) is 3.28. The minimum Gasteiger partial charge on any atom is -0.760 e. The number of nitrogens with two attached hydrogens (primary N) is 2. The van der Waals surface area contributed by atoms with Crippen molar-refractivity contribution in [1.29, 1.82) is 0 Å². The molecule has 1 unspecified atom stereocenters. The first-order chi connectivity index (χ1) is 14.5. The van der Waals surface area contributed by atoms with Gasteiger partial charge in [0.1, 0.15) is 11.6 Å². The van der Waals surface area contributed by atoms with Crippen LogP contribution in [-0.4, -0.2) is 53.1 Å². The second-order valence-electron chi connectivity index (χ2n) is 6.83. The number of nitrogens with zero attached hydrogens (tertiary/aromatic N) is 3. The van der Waals surface area contributed by atoms with Gasteiger partial charge in [0.15, 0.2) is 0 Å². The van der Waals surface area contributed by atoms with E-state index in [4.69, 9.17) is 19.2 Å².